The van der Waals surface area contributed by atoms with Gasteiger partial charge in [-0.1, -0.05) is 32.0 Å². The van der Waals surface area contributed by atoms with Gasteiger partial charge in [-0.3, -0.25) is 9.59 Å². The van der Waals surface area contributed by atoms with Crippen LogP contribution in [0.2, 0.25) is 0 Å². The molecule has 0 saturated heterocycles. The number of rotatable bonds is 14. The van der Waals surface area contributed by atoms with Crippen molar-refractivity contribution in [3.63, 3.8) is 0 Å². The summed E-state index contributed by atoms with van der Waals surface area (Å²) in [5.74, 6) is 0.610. The van der Waals surface area contributed by atoms with Crippen LogP contribution >= 0.6 is 0 Å². The number of nitrogens with zero attached hydrogens (tertiary/aromatic N) is 2. The van der Waals surface area contributed by atoms with Crippen LogP contribution in [0.15, 0.2) is 30.3 Å². The summed E-state index contributed by atoms with van der Waals surface area (Å²) >= 11 is 0. The van der Waals surface area contributed by atoms with Gasteiger partial charge in [-0.2, -0.15) is 0 Å². The Morgan fingerprint density at radius 2 is 1.63 bits per heavy atom. The van der Waals surface area contributed by atoms with E-state index >= 15 is 0 Å². The molecule has 6 nitrogen and oxygen atoms in total. The van der Waals surface area contributed by atoms with Crippen molar-refractivity contribution in [1.29, 1.82) is 0 Å². The van der Waals surface area contributed by atoms with E-state index < -0.39 is 0 Å². The summed E-state index contributed by atoms with van der Waals surface area (Å²) in [6, 6.07) is 9.58. The summed E-state index contributed by atoms with van der Waals surface area (Å²) in [4.78, 5) is 28.3. The molecule has 6 heteroatoms. The van der Waals surface area contributed by atoms with Crippen molar-refractivity contribution in [2.45, 2.75) is 40.0 Å². The van der Waals surface area contributed by atoms with E-state index in [1.54, 1.807) is 11.8 Å². The Kier molecular flexibility index (Phi) is 11.9. The highest BCUT2D eigenvalue weighted by atomic mass is 16.5. The molecule has 0 radical (unpaired) electrons. The third-order valence-corrected chi connectivity index (χ3v) is 4.37. The van der Waals surface area contributed by atoms with Crippen LogP contribution in [0, 0.1) is 0 Å². The van der Waals surface area contributed by atoms with E-state index in [4.69, 9.17) is 9.47 Å². The Morgan fingerprint density at radius 1 is 0.926 bits per heavy atom. The molecule has 0 aliphatic carbocycles. The van der Waals surface area contributed by atoms with Crippen molar-refractivity contribution in [3.05, 3.63) is 30.3 Å². The second-order valence-corrected chi connectivity index (χ2v) is 6.23. The highest BCUT2D eigenvalue weighted by Gasteiger charge is 2.16. The third-order valence-electron chi connectivity index (χ3n) is 4.37. The quantitative estimate of drug-likeness (QED) is 0.368. The van der Waals surface area contributed by atoms with Crippen molar-refractivity contribution in [2.75, 3.05) is 45.9 Å². The van der Waals surface area contributed by atoms with E-state index in [2.05, 4.69) is 18.7 Å². The Hall–Kier alpha value is -2.08. The maximum Gasteiger partial charge on any atom is 0.307 e. The second-order valence-electron chi connectivity index (χ2n) is 6.23. The Balaban J connectivity index is 2.45. The molecule has 1 aromatic carbocycles. The van der Waals surface area contributed by atoms with Gasteiger partial charge in [-0.25, -0.2) is 0 Å². The second kappa shape index (κ2) is 14.0. The lowest BCUT2D eigenvalue weighted by molar-refractivity contribution is -0.144. The van der Waals surface area contributed by atoms with E-state index in [1.807, 2.05) is 30.3 Å². The molecule has 1 amide bonds. The van der Waals surface area contributed by atoms with Gasteiger partial charge in [0, 0.05) is 26.1 Å². The number of hydrogen-bond acceptors (Lipinski definition) is 5. The van der Waals surface area contributed by atoms with Gasteiger partial charge >= 0.3 is 5.97 Å². The van der Waals surface area contributed by atoms with Gasteiger partial charge in [-0.05, 0) is 38.6 Å². The van der Waals surface area contributed by atoms with Gasteiger partial charge in [0.2, 0.25) is 5.91 Å². The zero-order valence-electron chi connectivity index (χ0n) is 17.0. The highest BCUT2D eigenvalue weighted by molar-refractivity contribution is 5.77. The number of hydrogen-bond donors (Lipinski definition) is 0. The van der Waals surface area contributed by atoms with Crippen LogP contribution in [0.1, 0.15) is 40.0 Å². The minimum Gasteiger partial charge on any atom is -0.494 e. The van der Waals surface area contributed by atoms with E-state index in [1.165, 1.54) is 0 Å². The smallest absolute Gasteiger partial charge is 0.307 e. The zero-order chi connectivity index (χ0) is 19.9. The van der Waals surface area contributed by atoms with Crippen molar-refractivity contribution in [1.82, 2.24) is 9.80 Å². The molecule has 0 aromatic heterocycles. The molecule has 152 valence electrons. The topological polar surface area (TPSA) is 59.1 Å². The number of benzene rings is 1. The molecule has 0 aliphatic rings. The van der Waals surface area contributed by atoms with Crippen molar-refractivity contribution >= 4 is 11.9 Å². The zero-order valence-corrected chi connectivity index (χ0v) is 17.0. The fourth-order valence-electron chi connectivity index (χ4n) is 2.71. The normalized spacial score (nSPS) is 10.7. The number of likely N-dealkylation sites (N-methyl/N-ethyl adjacent to an activating group) is 1. The van der Waals surface area contributed by atoms with E-state index in [0.717, 1.165) is 25.4 Å². The molecule has 1 rings (SSSR count). The molecule has 0 unspecified atom stereocenters. The number of ether oxygens (including phenoxy) is 2. The predicted molar refractivity (Wildman–Crippen MR) is 107 cm³/mol. The molecule has 0 N–H and O–H groups in total. The summed E-state index contributed by atoms with van der Waals surface area (Å²) < 4.78 is 10.6. The summed E-state index contributed by atoms with van der Waals surface area (Å²) in [7, 11) is 0. The molecule has 0 saturated carbocycles. The number of esters is 1. The lowest BCUT2D eigenvalue weighted by Gasteiger charge is -2.26. The van der Waals surface area contributed by atoms with Crippen LogP contribution in [0.3, 0.4) is 0 Å². The Bertz CT molecular complexity index is 532. The Labute approximate surface area is 163 Å². The molecule has 27 heavy (non-hydrogen) atoms. The fraction of sp³-hybridized carbons (Fsp3) is 0.619. The van der Waals surface area contributed by atoms with Crippen LogP contribution in [0.5, 0.6) is 5.75 Å². The largest absolute Gasteiger partial charge is 0.494 e. The van der Waals surface area contributed by atoms with Gasteiger partial charge in [0.1, 0.15) is 5.75 Å². The van der Waals surface area contributed by atoms with Gasteiger partial charge < -0.3 is 19.3 Å². The molecule has 1 aromatic rings. The molecule has 0 spiro atoms. The van der Waals surface area contributed by atoms with E-state index in [9.17, 15) is 9.59 Å². The fourth-order valence-corrected chi connectivity index (χ4v) is 2.71. The minimum atomic E-state index is -0.259. The summed E-state index contributed by atoms with van der Waals surface area (Å²) in [5.41, 5.74) is 0. The minimum absolute atomic E-state index is 0.0584. The summed E-state index contributed by atoms with van der Waals surface area (Å²) in [5, 5.41) is 0. The first kappa shape index (κ1) is 23.0. The maximum atomic E-state index is 12.6. The van der Waals surface area contributed by atoms with Gasteiger partial charge in [0.05, 0.1) is 19.6 Å². The van der Waals surface area contributed by atoms with Gasteiger partial charge in [0.15, 0.2) is 0 Å². The van der Waals surface area contributed by atoms with Gasteiger partial charge in [-0.15, -0.1) is 0 Å². The lowest BCUT2D eigenvalue weighted by atomic mass is 10.2. The van der Waals surface area contributed by atoms with Crippen molar-refractivity contribution < 1.29 is 19.1 Å². The highest BCUT2D eigenvalue weighted by Crippen LogP contribution is 2.09. The van der Waals surface area contributed by atoms with Crippen LogP contribution in [0.4, 0.5) is 0 Å². The average Bonchev–Trinajstić information content (AvgIpc) is 2.69. The van der Waals surface area contributed by atoms with Crippen molar-refractivity contribution in [2.24, 2.45) is 0 Å². The summed E-state index contributed by atoms with van der Waals surface area (Å²) in [6.45, 7) is 10.6. The number of amides is 1. The lowest BCUT2D eigenvalue weighted by Crippen LogP contribution is -2.40. The number of para-hydroxylation sites is 1. The van der Waals surface area contributed by atoms with Crippen LogP contribution < -0.4 is 4.74 Å². The standard InChI is InChI=1S/C21H34N2O4/c1-4-22(5-2)16-17-23(15-14-21(25)26-6-3)20(24)13-10-18-27-19-11-8-7-9-12-19/h7-9,11-12H,4-6,10,13-18H2,1-3H3. The van der Waals surface area contributed by atoms with Crippen LogP contribution in [-0.4, -0.2) is 67.6 Å². The Morgan fingerprint density at radius 3 is 2.26 bits per heavy atom. The molecule has 0 aliphatic heterocycles. The number of carbonyl (C=O) groups is 2. The molecule has 0 fully saturated rings. The molecule has 0 atom stereocenters. The molecular weight excluding hydrogens is 344 g/mol. The monoisotopic (exact) mass is 378 g/mol. The molecule has 0 heterocycles. The SMILES string of the molecule is CCOC(=O)CCN(CCN(CC)CC)C(=O)CCCOc1ccccc1. The molecule has 0 bridgehead atoms. The van der Waals surface area contributed by atoms with Crippen molar-refractivity contribution in [3.8, 4) is 5.75 Å². The summed E-state index contributed by atoms with van der Waals surface area (Å²) in [6.07, 6.45) is 1.29. The maximum absolute atomic E-state index is 12.6. The first-order valence-corrected chi connectivity index (χ1v) is 9.94. The molecular formula is C21H34N2O4. The predicted octanol–water partition coefficient (Wildman–Crippen LogP) is 2.97. The first-order valence-electron chi connectivity index (χ1n) is 9.94. The third kappa shape index (κ3) is 9.99. The van der Waals surface area contributed by atoms with Crippen LogP contribution in [0.25, 0.3) is 0 Å². The average molecular weight is 379 g/mol. The number of carbonyl (C=O) groups excluding carboxylic acids is 2. The van der Waals surface area contributed by atoms with Gasteiger partial charge in [0.25, 0.3) is 0 Å². The first-order chi connectivity index (χ1) is 13.1. The van der Waals surface area contributed by atoms with E-state index in [0.29, 0.717) is 39.1 Å². The van der Waals surface area contributed by atoms with E-state index in [-0.39, 0.29) is 18.3 Å². The van der Waals surface area contributed by atoms with Crippen LogP contribution in [-0.2, 0) is 14.3 Å².